The molecule has 2 aromatic carbocycles. The summed E-state index contributed by atoms with van der Waals surface area (Å²) in [5.74, 6) is 0.786. The minimum atomic E-state index is -0.00141. The second-order valence-electron chi connectivity index (χ2n) is 6.50. The lowest BCUT2D eigenvalue weighted by molar-refractivity contribution is -0.120. The van der Waals surface area contributed by atoms with Crippen LogP contribution in [0, 0.1) is 0 Å². The third-order valence-electron chi connectivity index (χ3n) is 4.45. The third-order valence-corrected chi connectivity index (χ3v) is 4.45. The first-order valence-electron chi connectivity index (χ1n) is 9.41. The molecule has 0 fully saturated rings. The molecule has 2 N–H and O–H groups in total. The van der Waals surface area contributed by atoms with Gasteiger partial charge in [0.2, 0.25) is 5.91 Å². The summed E-state index contributed by atoms with van der Waals surface area (Å²) < 4.78 is 7.07. The summed E-state index contributed by atoms with van der Waals surface area (Å²) in [5.41, 5.74) is 3.60. The lowest BCUT2D eigenvalue weighted by Gasteiger charge is -2.06. The number of benzene rings is 2. The van der Waals surface area contributed by atoms with Gasteiger partial charge in [-0.1, -0.05) is 18.2 Å². The number of rotatable bonds is 9. The van der Waals surface area contributed by atoms with Crippen LogP contribution in [0.4, 0.5) is 0 Å². The maximum atomic E-state index is 12.4. The van der Waals surface area contributed by atoms with Crippen LogP contribution >= 0.6 is 0 Å². The number of carbonyl (C=O) groups is 1. The molecule has 0 aliphatic heterocycles. The van der Waals surface area contributed by atoms with Crippen molar-refractivity contribution in [1.29, 1.82) is 0 Å². The van der Waals surface area contributed by atoms with Crippen molar-refractivity contribution in [1.82, 2.24) is 20.4 Å². The molecule has 1 heterocycles. The molecular formula is C22H26N4O2. The fraction of sp³-hybridized carbons (Fsp3) is 0.273. The van der Waals surface area contributed by atoms with Gasteiger partial charge < -0.3 is 15.4 Å². The van der Waals surface area contributed by atoms with Crippen molar-refractivity contribution >= 4 is 5.91 Å². The highest BCUT2D eigenvalue weighted by atomic mass is 16.5. The Labute approximate surface area is 165 Å². The number of hydrogen-bond acceptors (Lipinski definition) is 4. The lowest BCUT2D eigenvalue weighted by Crippen LogP contribution is -2.28. The number of aromatic nitrogens is 2. The molecule has 0 aliphatic rings. The Morgan fingerprint density at radius 3 is 2.50 bits per heavy atom. The number of para-hydroxylation sites is 1. The van der Waals surface area contributed by atoms with Crippen molar-refractivity contribution < 1.29 is 9.53 Å². The SMILES string of the molecule is CNCCCNC(=O)Cc1cn(-c2ccccc2)nc1-c1ccc(OC)cc1. The van der Waals surface area contributed by atoms with E-state index in [9.17, 15) is 4.79 Å². The fourth-order valence-electron chi connectivity index (χ4n) is 2.97. The normalized spacial score (nSPS) is 10.6. The van der Waals surface area contributed by atoms with Crippen LogP contribution in [0.25, 0.3) is 16.9 Å². The molecule has 0 bridgehead atoms. The molecule has 0 radical (unpaired) electrons. The monoisotopic (exact) mass is 378 g/mol. The van der Waals surface area contributed by atoms with Crippen LogP contribution in [0.3, 0.4) is 0 Å². The molecule has 0 unspecified atom stereocenters. The van der Waals surface area contributed by atoms with E-state index in [4.69, 9.17) is 9.84 Å². The Balaban J connectivity index is 1.85. The van der Waals surface area contributed by atoms with Gasteiger partial charge in [0.1, 0.15) is 5.75 Å². The Morgan fingerprint density at radius 2 is 1.82 bits per heavy atom. The van der Waals surface area contributed by atoms with E-state index in [0.717, 1.165) is 41.2 Å². The summed E-state index contributed by atoms with van der Waals surface area (Å²) in [6.45, 7) is 1.54. The fourth-order valence-corrected chi connectivity index (χ4v) is 2.97. The highest BCUT2D eigenvalue weighted by Crippen LogP contribution is 2.26. The minimum Gasteiger partial charge on any atom is -0.497 e. The van der Waals surface area contributed by atoms with E-state index < -0.39 is 0 Å². The number of carbonyl (C=O) groups excluding carboxylic acids is 1. The number of amides is 1. The molecular weight excluding hydrogens is 352 g/mol. The highest BCUT2D eigenvalue weighted by molar-refractivity contribution is 5.81. The zero-order valence-electron chi connectivity index (χ0n) is 16.3. The average molecular weight is 378 g/mol. The third kappa shape index (κ3) is 4.98. The van der Waals surface area contributed by atoms with Gasteiger partial charge in [-0.25, -0.2) is 4.68 Å². The minimum absolute atomic E-state index is 0.00141. The smallest absolute Gasteiger partial charge is 0.224 e. The molecule has 0 saturated heterocycles. The summed E-state index contributed by atoms with van der Waals surface area (Å²) in [6.07, 6.45) is 3.12. The maximum absolute atomic E-state index is 12.4. The Kier molecular flexibility index (Phi) is 6.81. The van der Waals surface area contributed by atoms with Crippen LogP contribution in [0.1, 0.15) is 12.0 Å². The number of methoxy groups -OCH3 is 1. The van der Waals surface area contributed by atoms with Gasteiger partial charge in [0.05, 0.1) is 24.9 Å². The molecule has 6 heteroatoms. The zero-order valence-corrected chi connectivity index (χ0v) is 16.3. The number of nitrogens with one attached hydrogen (secondary N) is 2. The number of nitrogens with zero attached hydrogens (tertiary/aromatic N) is 2. The van der Waals surface area contributed by atoms with Gasteiger partial charge in [-0.2, -0.15) is 5.10 Å². The van der Waals surface area contributed by atoms with Crippen molar-refractivity contribution in [2.45, 2.75) is 12.8 Å². The summed E-state index contributed by atoms with van der Waals surface area (Å²) in [6, 6.07) is 17.6. The first kappa shape index (κ1) is 19.6. The van der Waals surface area contributed by atoms with Crippen LogP contribution in [0.2, 0.25) is 0 Å². The standard InChI is InChI=1S/C22H26N4O2/c1-23-13-6-14-24-21(27)15-18-16-26(19-7-4-3-5-8-19)25-22(18)17-9-11-20(28-2)12-10-17/h3-5,7-12,16,23H,6,13-15H2,1-2H3,(H,24,27). The molecule has 3 rings (SSSR count). The van der Waals surface area contributed by atoms with Crippen LogP contribution in [-0.2, 0) is 11.2 Å². The predicted molar refractivity (Wildman–Crippen MR) is 111 cm³/mol. The van der Waals surface area contributed by atoms with E-state index in [1.165, 1.54) is 0 Å². The topological polar surface area (TPSA) is 68.2 Å². The van der Waals surface area contributed by atoms with Gasteiger partial charge in [-0.15, -0.1) is 0 Å². The summed E-state index contributed by atoms with van der Waals surface area (Å²) in [4.78, 5) is 12.4. The van der Waals surface area contributed by atoms with Crippen molar-refractivity contribution in [3.8, 4) is 22.7 Å². The molecule has 1 aromatic heterocycles. The van der Waals surface area contributed by atoms with E-state index in [0.29, 0.717) is 6.54 Å². The first-order chi connectivity index (χ1) is 13.7. The van der Waals surface area contributed by atoms with Gasteiger partial charge in [-0.05, 0) is 56.4 Å². The lowest BCUT2D eigenvalue weighted by atomic mass is 10.1. The Hall–Kier alpha value is -3.12. The summed E-state index contributed by atoms with van der Waals surface area (Å²) in [7, 11) is 3.55. The number of hydrogen-bond donors (Lipinski definition) is 2. The molecule has 28 heavy (non-hydrogen) atoms. The van der Waals surface area contributed by atoms with Gasteiger partial charge in [0.25, 0.3) is 0 Å². The molecule has 0 saturated carbocycles. The second-order valence-corrected chi connectivity index (χ2v) is 6.50. The Bertz CT molecular complexity index is 889. The number of ether oxygens (including phenoxy) is 1. The Morgan fingerprint density at radius 1 is 1.07 bits per heavy atom. The highest BCUT2D eigenvalue weighted by Gasteiger charge is 2.15. The van der Waals surface area contributed by atoms with E-state index in [1.54, 1.807) is 7.11 Å². The van der Waals surface area contributed by atoms with Crippen LogP contribution in [0.5, 0.6) is 5.75 Å². The van der Waals surface area contributed by atoms with Crippen LogP contribution in [-0.4, -0.2) is 42.9 Å². The molecule has 3 aromatic rings. The average Bonchev–Trinajstić information content (AvgIpc) is 3.15. The van der Waals surface area contributed by atoms with E-state index in [2.05, 4.69) is 10.6 Å². The van der Waals surface area contributed by atoms with Gasteiger partial charge >= 0.3 is 0 Å². The van der Waals surface area contributed by atoms with Crippen molar-refractivity contribution in [2.24, 2.45) is 0 Å². The van der Waals surface area contributed by atoms with Crippen molar-refractivity contribution in [3.63, 3.8) is 0 Å². The molecule has 0 atom stereocenters. The molecule has 1 amide bonds. The summed E-state index contributed by atoms with van der Waals surface area (Å²) in [5, 5.41) is 10.8. The van der Waals surface area contributed by atoms with Crippen molar-refractivity contribution in [3.05, 3.63) is 66.4 Å². The predicted octanol–water partition coefficient (Wildman–Crippen LogP) is 2.82. The van der Waals surface area contributed by atoms with Crippen LogP contribution < -0.4 is 15.4 Å². The quantitative estimate of drug-likeness (QED) is 0.562. The molecule has 0 aliphatic carbocycles. The molecule has 0 spiro atoms. The maximum Gasteiger partial charge on any atom is 0.224 e. The second kappa shape index (κ2) is 9.71. The van der Waals surface area contributed by atoms with Gasteiger partial charge in [-0.3, -0.25) is 4.79 Å². The summed E-state index contributed by atoms with van der Waals surface area (Å²) >= 11 is 0. The van der Waals surface area contributed by atoms with Crippen molar-refractivity contribution in [2.75, 3.05) is 27.2 Å². The van der Waals surface area contributed by atoms with E-state index in [-0.39, 0.29) is 12.3 Å². The molecule has 146 valence electrons. The largest absolute Gasteiger partial charge is 0.497 e. The van der Waals surface area contributed by atoms with E-state index in [1.807, 2.05) is 72.5 Å². The van der Waals surface area contributed by atoms with Gasteiger partial charge in [0.15, 0.2) is 0 Å². The van der Waals surface area contributed by atoms with E-state index >= 15 is 0 Å². The van der Waals surface area contributed by atoms with Gasteiger partial charge in [0, 0.05) is 23.9 Å². The molecule has 6 nitrogen and oxygen atoms in total. The van der Waals surface area contributed by atoms with Crippen LogP contribution in [0.15, 0.2) is 60.8 Å². The zero-order chi connectivity index (χ0) is 19.8. The first-order valence-corrected chi connectivity index (χ1v) is 9.41.